The van der Waals surface area contributed by atoms with E-state index in [0.29, 0.717) is 0 Å². The zero-order valence-electron chi connectivity index (χ0n) is 8.66. The highest BCUT2D eigenvalue weighted by Crippen LogP contribution is 2.01. The molecule has 2 rings (SSSR count). The molecule has 0 fully saturated rings. The molecule has 0 N–H and O–H groups in total. The van der Waals surface area contributed by atoms with Gasteiger partial charge in [0.2, 0.25) is 5.95 Å². The van der Waals surface area contributed by atoms with Crippen molar-refractivity contribution in [2.75, 3.05) is 0 Å². The number of hydrogen-bond acceptors (Lipinski definition) is 1. The predicted octanol–water partition coefficient (Wildman–Crippen LogP) is 1.88. The normalized spacial score (nSPS) is 9.43. The Labute approximate surface area is 84.0 Å². The Morgan fingerprint density at radius 1 is 1.29 bits per heavy atom. The minimum absolute atomic E-state index is 0.333. The first-order valence-electron chi connectivity index (χ1n) is 4.74. The molecule has 1 radical (unpaired) electrons. The summed E-state index contributed by atoms with van der Waals surface area (Å²) >= 11 is 0. The highest BCUT2D eigenvalue weighted by Gasteiger charge is 2.03. The monoisotopic (exact) mass is 191 g/mol. The molecule has 0 aromatic carbocycles. The van der Waals surface area contributed by atoms with E-state index in [1.165, 1.54) is 10.6 Å². The Morgan fingerprint density at radius 2 is 2.00 bits per heavy atom. The Kier molecular flexibility index (Phi) is 3.68. The summed E-state index contributed by atoms with van der Waals surface area (Å²) in [6.45, 7) is 5.92. The molecule has 0 atom stereocenters. The standard InChI is InChI=1S/C8H7BFN2.C2H6/c1-9-6-2-3-8(10)12-7(6)4-5-11-12;1-2/h2-5H,1H3;1-2H3. The van der Waals surface area contributed by atoms with Crippen LogP contribution >= 0.6 is 0 Å². The molecule has 2 nitrogen and oxygen atoms in total. The van der Waals surface area contributed by atoms with Crippen molar-refractivity contribution in [2.24, 2.45) is 0 Å². The number of hydrogen-bond donors (Lipinski definition) is 0. The molecule has 0 amide bonds. The Balaban J connectivity index is 0.000000461. The topological polar surface area (TPSA) is 17.3 Å². The van der Waals surface area contributed by atoms with Gasteiger partial charge in [-0.05, 0) is 12.1 Å². The van der Waals surface area contributed by atoms with Gasteiger partial charge in [-0.1, -0.05) is 32.2 Å². The average molecular weight is 191 g/mol. The average Bonchev–Trinajstić information content (AvgIpc) is 2.71. The van der Waals surface area contributed by atoms with E-state index in [-0.39, 0.29) is 5.95 Å². The van der Waals surface area contributed by atoms with Crippen molar-refractivity contribution in [3.8, 4) is 0 Å². The fraction of sp³-hybridized carbons (Fsp3) is 0.300. The first-order chi connectivity index (χ1) is 6.83. The second-order valence-electron chi connectivity index (χ2n) is 2.53. The molecule has 73 valence electrons. The van der Waals surface area contributed by atoms with Crippen LogP contribution in [0.4, 0.5) is 4.39 Å². The molecule has 0 saturated heterocycles. The molecule has 0 spiro atoms. The maximum absolute atomic E-state index is 13.0. The van der Waals surface area contributed by atoms with Gasteiger partial charge in [0.25, 0.3) is 0 Å². The zero-order valence-corrected chi connectivity index (χ0v) is 8.66. The van der Waals surface area contributed by atoms with Gasteiger partial charge in [-0.15, -0.1) is 0 Å². The Morgan fingerprint density at radius 3 is 2.64 bits per heavy atom. The van der Waals surface area contributed by atoms with E-state index >= 15 is 0 Å². The van der Waals surface area contributed by atoms with Crippen molar-refractivity contribution in [3.05, 3.63) is 30.3 Å². The minimum atomic E-state index is -0.333. The van der Waals surface area contributed by atoms with Crippen molar-refractivity contribution in [2.45, 2.75) is 20.7 Å². The van der Waals surface area contributed by atoms with E-state index in [9.17, 15) is 4.39 Å². The molecule has 0 bridgehead atoms. The Bertz CT molecular complexity index is 411. The summed E-state index contributed by atoms with van der Waals surface area (Å²) in [6.07, 6.45) is 1.59. The third-order valence-corrected chi connectivity index (χ3v) is 1.85. The van der Waals surface area contributed by atoms with Crippen LogP contribution in [0.5, 0.6) is 0 Å². The van der Waals surface area contributed by atoms with Gasteiger partial charge in [0.1, 0.15) is 0 Å². The summed E-state index contributed by atoms with van der Waals surface area (Å²) in [7, 11) is 1.93. The van der Waals surface area contributed by atoms with E-state index < -0.39 is 0 Å². The quantitative estimate of drug-likeness (QED) is 0.496. The van der Waals surface area contributed by atoms with Gasteiger partial charge >= 0.3 is 0 Å². The molecular formula is C10H13BFN2. The zero-order chi connectivity index (χ0) is 10.6. The molecule has 2 aromatic heterocycles. The van der Waals surface area contributed by atoms with Gasteiger partial charge in [-0.25, -0.2) is 4.52 Å². The number of aromatic nitrogens is 2. The van der Waals surface area contributed by atoms with Crippen LogP contribution in [0.15, 0.2) is 24.4 Å². The summed E-state index contributed by atoms with van der Waals surface area (Å²) in [5.74, 6) is -0.333. The third kappa shape index (κ3) is 1.79. The lowest BCUT2D eigenvalue weighted by Gasteiger charge is -2.00. The second-order valence-corrected chi connectivity index (χ2v) is 2.53. The molecule has 2 aromatic rings. The maximum atomic E-state index is 13.0. The number of nitrogens with zero attached hydrogens (tertiary/aromatic N) is 2. The van der Waals surface area contributed by atoms with Crippen LogP contribution in [0.25, 0.3) is 5.52 Å². The molecule has 14 heavy (non-hydrogen) atoms. The molecule has 0 aliphatic rings. The second kappa shape index (κ2) is 4.79. The lowest BCUT2D eigenvalue weighted by molar-refractivity contribution is 0.546. The summed E-state index contributed by atoms with van der Waals surface area (Å²) in [4.78, 5) is 0. The van der Waals surface area contributed by atoms with Gasteiger partial charge in [0.05, 0.1) is 11.7 Å². The van der Waals surface area contributed by atoms with Gasteiger partial charge in [-0.2, -0.15) is 9.49 Å². The number of fused-ring (bicyclic) bond motifs is 1. The van der Waals surface area contributed by atoms with E-state index in [2.05, 4.69) is 5.10 Å². The van der Waals surface area contributed by atoms with Crippen LogP contribution in [0.1, 0.15) is 13.8 Å². The molecular weight excluding hydrogens is 178 g/mol. The molecule has 0 aliphatic heterocycles. The van der Waals surface area contributed by atoms with Gasteiger partial charge < -0.3 is 0 Å². The van der Waals surface area contributed by atoms with Crippen LogP contribution in [0.3, 0.4) is 0 Å². The fourth-order valence-corrected chi connectivity index (χ4v) is 1.25. The van der Waals surface area contributed by atoms with Crippen LogP contribution in [-0.4, -0.2) is 16.9 Å². The maximum Gasteiger partial charge on any atom is 0.214 e. The van der Waals surface area contributed by atoms with Crippen LogP contribution in [-0.2, 0) is 0 Å². The number of pyridine rings is 1. The summed E-state index contributed by atoms with van der Waals surface area (Å²) in [5, 5.41) is 3.85. The van der Waals surface area contributed by atoms with Crippen molar-refractivity contribution < 1.29 is 4.39 Å². The lowest BCUT2D eigenvalue weighted by Crippen LogP contribution is -2.15. The number of halogens is 1. The van der Waals surface area contributed by atoms with Crippen molar-refractivity contribution in [3.63, 3.8) is 0 Å². The SMILES string of the molecule is CC.C[B]c1ccc(F)n2nccc12. The van der Waals surface area contributed by atoms with Crippen molar-refractivity contribution in [1.29, 1.82) is 0 Å². The third-order valence-electron chi connectivity index (χ3n) is 1.85. The summed E-state index contributed by atoms with van der Waals surface area (Å²) in [6, 6.07) is 4.94. The lowest BCUT2D eigenvalue weighted by atomic mass is 9.73. The minimum Gasteiger partial charge on any atom is -0.207 e. The first-order valence-corrected chi connectivity index (χ1v) is 4.74. The highest BCUT2D eigenvalue weighted by molar-refractivity contribution is 6.54. The van der Waals surface area contributed by atoms with Gasteiger partial charge in [0.15, 0.2) is 7.28 Å². The predicted molar refractivity (Wildman–Crippen MR) is 57.8 cm³/mol. The van der Waals surface area contributed by atoms with Crippen molar-refractivity contribution >= 4 is 18.3 Å². The van der Waals surface area contributed by atoms with Crippen LogP contribution in [0, 0.1) is 5.95 Å². The number of rotatable bonds is 1. The Hall–Kier alpha value is -1.32. The van der Waals surface area contributed by atoms with E-state index in [4.69, 9.17) is 0 Å². The molecule has 0 saturated carbocycles. The first kappa shape index (κ1) is 10.8. The van der Waals surface area contributed by atoms with Gasteiger partial charge in [0, 0.05) is 0 Å². The highest BCUT2D eigenvalue weighted by atomic mass is 19.1. The molecule has 0 aliphatic carbocycles. The fourth-order valence-electron chi connectivity index (χ4n) is 1.25. The summed E-state index contributed by atoms with van der Waals surface area (Å²) < 4.78 is 14.3. The van der Waals surface area contributed by atoms with Gasteiger partial charge in [-0.3, -0.25) is 0 Å². The summed E-state index contributed by atoms with van der Waals surface area (Å²) in [5.41, 5.74) is 1.80. The molecule has 2 heterocycles. The smallest absolute Gasteiger partial charge is 0.207 e. The van der Waals surface area contributed by atoms with E-state index in [0.717, 1.165) is 11.0 Å². The molecule has 0 unspecified atom stereocenters. The van der Waals surface area contributed by atoms with E-state index in [1.807, 2.05) is 28.0 Å². The van der Waals surface area contributed by atoms with E-state index in [1.54, 1.807) is 18.3 Å². The van der Waals surface area contributed by atoms with Crippen LogP contribution < -0.4 is 5.46 Å². The van der Waals surface area contributed by atoms with Crippen molar-refractivity contribution in [1.82, 2.24) is 9.61 Å². The molecule has 4 heteroatoms. The van der Waals surface area contributed by atoms with Crippen LogP contribution in [0.2, 0.25) is 6.82 Å². The largest absolute Gasteiger partial charge is 0.214 e.